The maximum atomic E-state index is 4.01. The summed E-state index contributed by atoms with van der Waals surface area (Å²) in [5.41, 5.74) is 2.14. The molecule has 0 bridgehead atoms. The summed E-state index contributed by atoms with van der Waals surface area (Å²) in [6.45, 7) is 10.7. The zero-order chi connectivity index (χ0) is 10.1. The average Bonchev–Trinajstić information content (AvgIpc) is 2.25. The normalized spacial score (nSPS) is 22.1. The fourth-order valence-electron chi connectivity index (χ4n) is 0.735. The summed E-state index contributed by atoms with van der Waals surface area (Å²) >= 11 is 0. The van der Waals surface area contributed by atoms with Crippen LogP contribution in [0.25, 0.3) is 0 Å². The Morgan fingerprint density at radius 1 is 1.46 bits per heavy atom. The van der Waals surface area contributed by atoms with E-state index in [4.69, 9.17) is 0 Å². The van der Waals surface area contributed by atoms with Crippen LogP contribution >= 0.6 is 0 Å². The quantitative estimate of drug-likeness (QED) is 0.606. The predicted octanol–water partition coefficient (Wildman–Crippen LogP) is 2.66. The molecule has 0 unspecified atom stereocenters. The van der Waals surface area contributed by atoms with Gasteiger partial charge in [0.15, 0.2) is 0 Å². The van der Waals surface area contributed by atoms with Crippen molar-refractivity contribution in [3.63, 3.8) is 0 Å². The Hall–Kier alpha value is -1.31. The Labute approximate surface area is 80.8 Å². The van der Waals surface area contributed by atoms with Crippen LogP contribution in [0.4, 0.5) is 0 Å². The molecule has 1 N–H and O–H groups in total. The van der Waals surface area contributed by atoms with Gasteiger partial charge in [0.05, 0.1) is 0 Å². The highest BCUT2D eigenvalue weighted by molar-refractivity contribution is 5.61. The largest absolute Gasteiger partial charge is 0.386 e. The molecule has 1 aliphatic heterocycles. The van der Waals surface area contributed by atoms with Crippen LogP contribution in [0.2, 0.25) is 0 Å². The molecule has 1 heterocycles. The van der Waals surface area contributed by atoms with Crippen molar-refractivity contribution in [3.05, 3.63) is 36.2 Å². The topological polar surface area (TPSA) is 24.4 Å². The first kappa shape index (κ1) is 11.7. The van der Waals surface area contributed by atoms with Crippen LogP contribution in [0.5, 0.6) is 0 Å². The van der Waals surface area contributed by atoms with E-state index < -0.39 is 0 Å². The summed E-state index contributed by atoms with van der Waals surface area (Å²) in [7, 11) is 0. The van der Waals surface area contributed by atoms with Gasteiger partial charge in [0, 0.05) is 25.2 Å². The Morgan fingerprint density at radius 2 is 2.15 bits per heavy atom. The van der Waals surface area contributed by atoms with E-state index in [1.54, 1.807) is 6.20 Å². The summed E-state index contributed by atoms with van der Waals surface area (Å²) < 4.78 is 0. The molecule has 0 aromatic rings. The molecule has 72 valence electrons. The fraction of sp³-hybridized carbons (Fsp3) is 0.364. The number of nitrogens with zero attached hydrogens (tertiary/aromatic N) is 1. The number of allylic oxidation sites excluding steroid dienone is 3. The molecule has 0 aliphatic carbocycles. The van der Waals surface area contributed by atoms with E-state index >= 15 is 0 Å². The van der Waals surface area contributed by atoms with Crippen LogP contribution in [0.1, 0.15) is 20.8 Å². The van der Waals surface area contributed by atoms with E-state index in [2.05, 4.69) is 16.9 Å². The van der Waals surface area contributed by atoms with Gasteiger partial charge in [0.25, 0.3) is 0 Å². The van der Waals surface area contributed by atoms with Crippen molar-refractivity contribution in [1.29, 1.82) is 0 Å². The van der Waals surface area contributed by atoms with Gasteiger partial charge in [0.1, 0.15) is 0 Å². The lowest BCUT2D eigenvalue weighted by atomic mass is 10.1. The summed E-state index contributed by atoms with van der Waals surface area (Å²) in [6, 6.07) is 0. The van der Waals surface area contributed by atoms with Gasteiger partial charge in [-0.25, -0.2) is 0 Å². The molecule has 0 radical (unpaired) electrons. The minimum Gasteiger partial charge on any atom is -0.386 e. The highest BCUT2D eigenvalue weighted by atomic mass is 14.8. The van der Waals surface area contributed by atoms with Crippen molar-refractivity contribution < 1.29 is 0 Å². The second kappa shape index (κ2) is 7.35. The summed E-state index contributed by atoms with van der Waals surface area (Å²) in [5, 5.41) is 3.10. The van der Waals surface area contributed by atoms with Crippen molar-refractivity contribution in [3.8, 4) is 0 Å². The summed E-state index contributed by atoms with van der Waals surface area (Å²) in [4.78, 5) is 4.01. The monoisotopic (exact) mass is 178 g/mol. The Balaban J connectivity index is 0.000000671. The van der Waals surface area contributed by atoms with E-state index in [1.165, 1.54) is 0 Å². The first-order valence-corrected chi connectivity index (χ1v) is 4.58. The van der Waals surface area contributed by atoms with E-state index in [-0.39, 0.29) is 0 Å². The van der Waals surface area contributed by atoms with Crippen LogP contribution in [-0.2, 0) is 0 Å². The lowest BCUT2D eigenvalue weighted by Crippen LogP contribution is -2.08. The highest BCUT2D eigenvalue weighted by Crippen LogP contribution is 2.06. The van der Waals surface area contributed by atoms with Gasteiger partial charge in [-0.3, -0.25) is 4.99 Å². The molecule has 1 rings (SSSR count). The Bertz CT molecular complexity index is 234. The number of hydrogen-bond donors (Lipinski definition) is 1. The van der Waals surface area contributed by atoms with E-state index in [0.717, 1.165) is 17.7 Å². The van der Waals surface area contributed by atoms with Gasteiger partial charge in [0.2, 0.25) is 0 Å². The van der Waals surface area contributed by atoms with Gasteiger partial charge in [-0.15, -0.1) is 0 Å². The lowest BCUT2D eigenvalue weighted by molar-refractivity contribution is 1.02. The standard InChI is InChI=1S/C9H12N2.C2H6/c1-8-3-4-10-5-6-11-7-9(8)2;1-2/h3-5,7,11H,1,6H2,2H3;1-2H3/b4-3-,9-7-,10-5?;. The second-order valence-electron chi connectivity index (χ2n) is 2.41. The Kier molecular flexibility index (Phi) is 6.60. The van der Waals surface area contributed by atoms with Crippen molar-refractivity contribution in [2.24, 2.45) is 4.99 Å². The van der Waals surface area contributed by atoms with Gasteiger partial charge < -0.3 is 5.32 Å². The highest BCUT2D eigenvalue weighted by Gasteiger charge is 1.91. The molecule has 2 heteroatoms. The average molecular weight is 178 g/mol. The predicted molar refractivity (Wildman–Crippen MR) is 59.9 cm³/mol. The van der Waals surface area contributed by atoms with E-state index in [0.29, 0.717) is 0 Å². The minimum absolute atomic E-state index is 0.773. The molecule has 0 atom stereocenters. The maximum Gasteiger partial charge on any atom is 0.0498 e. The number of nitrogens with one attached hydrogen (secondary N) is 1. The molecule has 0 aromatic heterocycles. The lowest BCUT2D eigenvalue weighted by Gasteiger charge is -1.98. The van der Waals surface area contributed by atoms with Crippen LogP contribution in [0.3, 0.4) is 0 Å². The molecule has 0 aromatic carbocycles. The summed E-state index contributed by atoms with van der Waals surface area (Å²) in [5.74, 6) is 0. The minimum atomic E-state index is 0.773. The van der Waals surface area contributed by atoms with Crippen molar-refractivity contribution >= 4 is 6.21 Å². The molecular weight excluding hydrogens is 160 g/mol. The van der Waals surface area contributed by atoms with Gasteiger partial charge in [-0.05, 0) is 24.1 Å². The first-order valence-electron chi connectivity index (χ1n) is 4.58. The third-order valence-corrected chi connectivity index (χ3v) is 1.50. The molecule has 0 amide bonds. The van der Waals surface area contributed by atoms with Crippen molar-refractivity contribution in [2.75, 3.05) is 6.54 Å². The van der Waals surface area contributed by atoms with E-state index in [1.807, 2.05) is 39.3 Å². The zero-order valence-corrected chi connectivity index (χ0v) is 8.67. The van der Waals surface area contributed by atoms with Gasteiger partial charge >= 0.3 is 0 Å². The first-order chi connectivity index (χ1) is 6.30. The third kappa shape index (κ3) is 5.01. The van der Waals surface area contributed by atoms with Gasteiger partial charge in [-0.1, -0.05) is 20.4 Å². The second-order valence-corrected chi connectivity index (χ2v) is 2.41. The smallest absolute Gasteiger partial charge is 0.0498 e. The van der Waals surface area contributed by atoms with Crippen LogP contribution in [0, 0.1) is 0 Å². The molecule has 1 aliphatic rings. The van der Waals surface area contributed by atoms with Crippen LogP contribution < -0.4 is 5.32 Å². The molecule has 0 saturated heterocycles. The number of rotatable bonds is 0. The van der Waals surface area contributed by atoms with Crippen molar-refractivity contribution in [1.82, 2.24) is 5.32 Å². The SMILES string of the molecule is C=C1/C=C\N=CCN/C=C\1C.CC. The van der Waals surface area contributed by atoms with E-state index in [9.17, 15) is 0 Å². The third-order valence-electron chi connectivity index (χ3n) is 1.50. The zero-order valence-electron chi connectivity index (χ0n) is 8.67. The number of hydrogen-bond acceptors (Lipinski definition) is 2. The molecule has 0 saturated carbocycles. The fourth-order valence-corrected chi connectivity index (χ4v) is 0.735. The molecular formula is C11H18N2. The molecule has 0 fully saturated rings. The Morgan fingerprint density at radius 3 is 2.85 bits per heavy atom. The maximum absolute atomic E-state index is 4.01. The molecule has 2 nitrogen and oxygen atoms in total. The molecule has 13 heavy (non-hydrogen) atoms. The summed E-state index contributed by atoms with van der Waals surface area (Å²) in [6.07, 6.45) is 7.42. The van der Waals surface area contributed by atoms with Crippen LogP contribution in [-0.4, -0.2) is 12.8 Å². The number of aliphatic imine (C=N–C) groups is 1. The van der Waals surface area contributed by atoms with Crippen LogP contribution in [0.15, 0.2) is 41.2 Å². The van der Waals surface area contributed by atoms with Gasteiger partial charge in [-0.2, -0.15) is 0 Å². The molecule has 0 spiro atoms. The van der Waals surface area contributed by atoms with Crippen molar-refractivity contribution in [2.45, 2.75) is 20.8 Å².